The fraction of sp³-hybridized carbons (Fsp3) is 1.00. The van der Waals surface area contributed by atoms with Gasteiger partial charge < -0.3 is 10.1 Å². The third-order valence-electron chi connectivity index (χ3n) is 2.49. The van der Waals surface area contributed by atoms with E-state index in [1.165, 1.54) is 19.3 Å². The number of hydrogen-bond donors (Lipinski definition) is 1. The van der Waals surface area contributed by atoms with Crippen LogP contribution in [0.15, 0.2) is 0 Å². The molecule has 0 fully saturated rings. The first-order valence-electron chi connectivity index (χ1n) is 6.51. The van der Waals surface area contributed by atoms with Crippen molar-refractivity contribution in [1.82, 2.24) is 5.32 Å². The highest BCUT2D eigenvalue weighted by Gasteiger charge is 2.07. The van der Waals surface area contributed by atoms with Crippen LogP contribution in [0.5, 0.6) is 0 Å². The second-order valence-electron chi connectivity index (χ2n) is 4.65. The SMILES string of the molecule is CCCOCC(CCCC(C)C)NCC. The summed E-state index contributed by atoms with van der Waals surface area (Å²) in [4.78, 5) is 0. The molecule has 0 saturated heterocycles. The highest BCUT2D eigenvalue weighted by Crippen LogP contribution is 2.08. The number of hydrogen-bond acceptors (Lipinski definition) is 2. The van der Waals surface area contributed by atoms with Gasteiger partial charge in [0.1, 0.15) is 0 Å². The number of rotatable bonds is 10. The zero-order valence-electron chi connectivity index (χ0n) is 11.0. The molecule has 0 rings (SSSR count). The third kappa shape index (κ3) is 10.2. The number of ether oxygens (including phenoxy) is 1. The van der Waals surface area contributed by atoms with Crippen molar-refractivity contribution >= 4 is 0 Å². The molecule has 0 aliphatic heterocycles. The molecule has 0 radical (unpaired) electrons. The predicted molar refractivity (Wildman–Crippen MR) is 67.3 cm³/mol. The summed E-state index contributed by atoms with van der Waals surface area (Å²) < 4.78 is 5.59. The van der Waals surface area contributed by atoms with Crippen LogP contribution in [-0.2, 0) is 4.74 Å². The van der Waals surface area contributed by atoms with E-state index < -0.39 is 0 Å². The molecule has 0 aliphatic carbocycles. The standard InChI is InChI=1S/C13H29NO/c1-5-10-15-11-13(14-6-2)9-7-8-12(3)4/h12-14H,5-11H2,1-4H3. The lowest BCUT2D eigenvalue weighted by Gasteiger charge is -2.18. The Hall–Kier alpha value is -0.0800. The molecule has 15 heavy (non-hydrogen) atoms. The lowest BCUT2D eigenvalue weighted by atomic mass is 10.0. The van der Waals surface area contributed by atoms with Crippen LogP contribution in [0, 0.1) is 5.92 Å². The molecule has 1 unspecified atom stereocenters. The molecule has 0 aromatic rings. The highest BCUT2D eigenvalue weighted by atomic mass is 16.5. The predicted octanol–water partition coefficient (Wildman–Crippen LogP) is 3.22. The van der Waals surface area contributed by atoms with Crippen LogP contribution >= 0.6 is 0 Å². The Kier molecular flexibility index (Phi) is 10.4. The largest absolute Gasteiger partial charge is 0.380 e. The van der Waals surface area contributed by atoms with E-state index in [0.29, 0.717) is 6.04 Å². The van der Waals surface area contributed by atoms with Gasteiger partial charge in [0.25, 0.3) is 0 Å². The maximum absolute atomic E-state index is 5.59. The Labute approximate surface area is 95.8 Å². The minimum Gasteiger partial charge on any atom is -0.380 e. The summed E-state index contributed by atoms with van der Waals surface area (Å²) in [7, 11) is 0. The second-order valence-corrected chi connectivity index (χ2v) is 4.65. The van der Waals surface area contributed by atoms with Gasteiger partial charge in [0, 0.05) is 12.6 Å². The maximum atomic E-state index is 5.59. The van der Waals surface area contributed by atoms with Gasteiger partial charge in [0.05, 0.1) is 6.61 Å². The van der Waals surface area contributed by atoms with E-state index in [0.717, 1.165) is 32.1 Å². The van der Waals surface area contributed by atoms with Crippen molar-refractivity contribution in [1.29, 1.82) is 0 Å². The van der Waals surface area contributed by atoms with Gasteiger partial charge in [0.15, 0.2) is 0 Å². The summed E-state index contributed by atoms with van der Waals surface area (Å²) in [5, 5.41) is 3.49. The van der Waals surface area contributed by atoms with E-state index in [2.05, 4.69) is 33.0 Å². The third-order valence-corrected chi connectivity index (χ3v) is 2.49. The van der Waals surface area contributed by atoms with E-state index in [1.807, 2.05) is 0 Å². The average molecular weight is 215 g/mol. The minimum atomic E-state index is 0.556. The molecule has 2 nitrogen and oxygen atoms in total. The van der Waals surface area contributed by atoms with Crippen molar-refractivity contribution in [2.45, 2.75) is 59.4 Å². The molecular formula is C13H29NO. The fourth-order valence-corrected chi connectivity index (χ4v) is 1.68. The van der Waals surface area contributed by atoms with Crippen LogP contribution in [0.2, 0.25) is 0 Å². The summed E-state index contributed by atoms with van der Waals surface area (Å²) in [5.41, 5.74) is 0. The lowest BCUT2D eigenvalue weighted by molar-refractivity contribution is 0.108. The van der Waals surface area contributed by atoms with Crippen LogP contribution in [0.1, 0.15) is 53.4 Å². The first kappa shape index (κ1) is 14.9. The first-order chi connectivity index (χ1) is 7.20. The molecule has 1 atom stereocenters. The quantitative estimate of drug-likeness (QED) is 0.565. The van der Waals surface area contributed by atoms with Gasteiger partial charge in [-0.3, -0.25) is 0 Å². The number of nitrogens with one attached hydrogen (secondary N) is 1. The average Bonchev–Trinajstić information content (AvgIpc) is 2.17. The zero-order valence-corrected chi connectivity index (χ0v) is 11.0. The van der Waals surface area contributed by atoms with Gasteiger partial charge in [-0.1, -0.05) is 40.5 Å². The molecule has 0 aromatic heterocycles. The Morgan fingerprint density at radius 3 is 2.40 bits per heavy atom. The lowest BCUT2D eigenvalue weighted by Crippen LogP contribution is -2.33. The summed E-state index contributed by atoms with van der Waals surface area (Å²) in [6, 6.07) is 0.556. The Morgan fingerprint density at radius 1 is 1.13 bits per heavy atom. The maximum Gasteiger partial charge on any atom is 0.0619 e. The first-order valence-corrected chi connectivity index (χ1v) is 6.51. The summed E-state index contributed by atoms with van der Waals surface area (Å²) in [6.45, 7) is 11.7. The van der Waals surface area contributed by atoms with E-state index >= 15 is 0 Å². The molecule has 0 saturated carbocycles. The van der Waals surface area contributed by atoms with Gasteiger partial charge in [-0.05, 0) is 25.3 Å². The van der Waals surface area contributed by atoms with Crippen molar-refractivity contribution in [2.24, 2.45) is 5.92 Å². The summed E-state index contributed by atoms with van der Waals surface area (Å²) in [5.74, 6) is 0.823. The van der Waals surface area contributed by atoms with Crippen LogP contribution in [0.3, 0.4) is 0 Å². The van der Waals surface area contributed by atoms with Gasteiger partial charge in [-0.15, -0.1) is 0 Å². The van der Waals surface area contributed by atoms with Crippen molar-refractivity contribution in [3.05, 3.63) is 0 Å². The second kappa shape index (κ2) is 10.4. The molecule has 0 aromatic carbocycles. The van der Waals surface area contributed by atoms with Crippen molar-refractivity contribution in [3.8, 4) is 0 Å². The normalized spacial score (nSPS) is 13.4. The molecule has 0 spiro atoms. The van der Waals surface area contributed by atoms with Gasteiger partial charge in [-0.25, -0.2) is 0 Å². The zero-order chi connectivity index (χ0) is 11.5. The molecule has 2 heteroatoms. The van der Waals surface area contributed by atoms with Crippen molar-refractivity contribution < 1.29 is 4.74 Å². The molecule has 0 amide bonds. The van der Waals surface area contributed by atoms with Crippen molar-refractivity contribution in [3.63, 3.8) is 0 Å². The van der Waals surface area contributed by atoms with Crippen LogP contribution in [-0.4, -0.2) is 25.8 Å². The topological polar surface area (TPSA) is 21.3 Å². The van der Waals surface area contributed by atoms with Crippen molar-refractivity contribution in [2.75, 3.05) is 19.8 Å². The highest BCUT2D eigenvalue weighted by molar-refractivity contribution is 4.65. The van der Waals surface area contributed by atoms with E-state index in [-0.39, 0.29) is 0 Å². The van der Waals surface area contributed by atoms with Gasteiger partial charge in [0.2, 0.25) is 0 Å². The molecular weight excluding hydrogens is 186 g/mol. The summed E-state index contributed by atoms with van der Waals surface area (Å²) >= 11 is 0. The van der Waals surface area contributed by atoms with Gasteiger partial charge >= 0.3 is 0 Å². The van der Waals surface area contributed by atoms with Crippen LogP contribution < -0.4 is 5.32 Å². The van der Waals surface area contributed by atoms with Gasteiger partial charge in [-0.2, -0.15) is 0 Å². The van der Waals surface area contributed by atoms with Crippen LogP contribution in [0.25, 0.3) is 0 Å². The molecule has 92 valence electrons. The van der Waals surface area contributed by atoms with E-state index in [1.54, 1.807) is 0 Å². The monoisotopic (exact) mass is 215 g/mol. The van der Waals surface area contributed by atoms with E-state index in [4.69, 9.17) is 4.74 Å². The smallest absolute Gasteiger partial charge is 0.0619 e. The molecule has 0 heterocycles. The van der Waals surface area contributed by atoms with Crippen LogP contribution in [0.4, 0.5) is 0 Å². The minimum absolute atomic E-state index is 0.556. The number of likely N-dealkylation sites (N-methyl/N-ethyl adjacent to an activating group) is 1. The molecule has 0 aliphatic rings. The van der Waals surface area contributed by atoms with E-state index in [9.17, 15) is 0 Å². The Bertz CT molecular complexity index is 126. The molecule has 1 N–H and O–H groups in total. The summed E-state index contributed by atoms with van der Waals surface area (Å²) in [6.07, 6.45) is 5.00. The fourth-order valence-electron chi connectivity index (χ4n) is 1.68. The molecule has 0 bridgehead atoms. The Balaban J connectivity index is 3.53. The Morgan fingerprint density at radius 2 is 1.87 bits per heavy atom.